The number of nitrogens with zero attached hydrogens (tertiary/aromatic N) is 1. The van der Waals surface area contributed by atoms with Gasteiger partial charge in [0.1, 0.15) is 10.7 Å². The van der Waals surface area contributed by atoms with Crippen molar-refractivity contribution in [2.75, 3.05) is 19.7 Å². The number of aliphatic hydroxyl groups is 1. The second-order valence-corrected chi connectivity index (χ2v) is 5.77. The van der Waals surface area contributed by atoms with Gasteiger partial charge in [0.25, 0.3) is 0 Å². The van der Waals surface area contributed by atoms with Gasteiger partial charge in [0.2, 0.25) is 10.0 Å². The minimum absolute atomic E-state index is 0.0986. The van der Waals surface area contributed by atoms with E-state index in [0.29, 0.717) is 16.4 Å². The number of likely N-dealkylation sites (N-methyl/N-ethyl adjacent to an activating group) is 1. The molecule has 20 heavy (non-hydrogen) atoms. The van der Waals surface area contributed by atoms with Crippen LogP contribution in [-0.2, 0) is 16.2 Å². The van der Waals surface area contributed by atoms with E-state index in [4.69, 9.17) is 5.11 Å². The van der Waals surface area contributed by atoms with Crippen molar-refractivity contribution in [2.45, 2.75) is 18.0 Å². The van der Waals surface area contributed by atoms with Crippen molar-refractivity contribution in [3.63, 3.8) is 0 Å². The predicted molar refractivity (Wildman–Crippen MR) is 62.9 cm³/mol. The largest absolute Gasteiger partial charge is 0.416 e. The molecule has 0 aromatic heterocycles. The summed E-state index contributed by atoms with van der Waals surface area (Å²) >= 11 is 0. The van der Waals surface area contributed by atoms with E-state index in [1.807, 2.05) is 0 Å². The fraction of sp³-hybridized carbons (Fsp3) is 0.455. The molecule has 1 aromatic carbocycles. The van der Waals surface area contributed by atoms with Crippen molar-refractivity contribution in [1.29, 1.82) is 0 Å². The molecule has 0 bridgehead atoms. The molecule has 0 fully saturated rings. The molecule has 0 heterocycles. The molecule has 0 unspecified atom stereocenters. The van der Waals surface area contributed by atoms with Gasteiger partial charge in [0.05, 0.1) is 12.2 Å². The van der Waals surface area contributed by atoms with Crippen LogP contribution in [0, 0.1) is 5.82 Å². The summed E-state index contributed by atoms with van der Waals surface area (Å²) in [6.07, 6.45) is -4.77. The van der Waals surface area contributed by atoms with E-state index in [1.54, 1.807) is 0 Å². The van der Waals surface area contributed by atoms with E-state index in [0.717, 1.165) is 0 Å². The summed E-state index contributed by atoms with van der Waals surface area (Å²) in [5.74, 6) is -1.27. The molecule has 114 valence electrons. The number of aliphatic hydroxyl groups excluding tert-OH is 1. The average Bonchev–Trinajstić information content (AvgIpc) is 2.34. The standard InChI is InChI=1S/C11H13F4NO3S/c1-2-16(5-6-17)20(18,19)10-7-8(11(13,14)15)3-4-9(10)12/h3-4,7,17H,2,5-6H2,1H3. The molecular weight excluding hydrogens is 302 g/mol. The zero-order valence-corrected chi connectivity index (χ0v) is 11.3. The Kier molecular flexibility index (Phi) is 5.11. The van der Waals surface area contributed by atoms with Crippen LogP contribution in [0.25, 0.3) is 0 Å². The van der Waals surface area contributed by atoms with Gasteiger partial charge in [-0.3, -0.25) is 0 Å². The number of sulfonamides is 1. The first kappa shape index (κ1) is 16.9. The SMILES string of the molecule is CCN(CCO)S(=O)(=O)c1cc(C(F)(F)F)ccc1F. The monoisotopic (exact) mass is 315 g/mol. The van der Waals surface area contributed by atoms with Crippen LogP contribution in [0.2, 0.25) is 0 Å². The average molecular weight is 315 g/mol. The lowest BCUT2D eigenvalue weighted by Gasteiger charge is -2.20. The number of benzene rings is 1. The number of hydrogen-bond acceptors (Lipinski definition) is 3. The van der Waals surface area contributed by atoms with Crippen molar-refractivity contribution >= 4 is 10.0 Å². The first-order valence-corrected chi connectivity index (χ1v) is 7.06. The Balaban J connectivity index is 3.37. The van der Waals surface area contributed by atoms with Gasteiger partial charge >= 0.3 is 6.18 Å². The van der Waals surface area contributed by atoms with Crippen LogP contribution in [0.5, 0.6) is 0 Å². The van der Waals surface area contributed by atoms with Crippen LogP contribution in [-0.4, -0.2) is 37.5 Å². The highest BCUT2D eigenvalue weighted by molar-refractivity contribution is 7.89. The third-order valence-corrected chi connectivity index (χ3v) is 4.57. The molecule has 0 saturated heterocycles. The molecule has 9 heteroatoms. The molecule has 4 nitrogen and oxygen atoms in total. The zero-order valence-electron chi connectivity index (χ0n) is 10.5. The molecule has 0 atom stereocenters. The van der Waals surface area contributed by atoms with E-state index in [2.05, 4.69) is 0 Å². The molecule has 0 aliphatic heterocycles. The third kappa shape index (κ3) is 3.47. The van der Waals surface area contributed by atoms with E-state index >= 15 is 0 Å². The Labute approximate surface area is 113 Å². The van der Waals surface area contributed by atoms with Crippen molar-refractivity contribution in [1.82, 2.24) is 4.31 Å². The van der Waals surface area contributed by atoms with Crippen LogP contribution in [0.15, 0.2) is 23.1 Å². The van der Waals surface area contributed by atoms with Gasteiger partial charge in [0.15, 0.2) is 0 Å². The molecule has 0 spiro atoms. The smallest absolute Gasteiger partial charge is 0.395 e. The first-order chi connectivity index (χ1) is 9.14. The molecule has 1 N–H and O–H groups in total. The summed E-state index contributed by atoms with van der Waals surface area (Å²) in [4.78, 5) is -1.05. The number of hydrogen-bond donors (Lipinski definition) is 1. The molecule has 0 amide bonds. The summed E-state index contributed by atoms with van der Waals surface area (Å²) in [5, 5.41) is 8.75. The normalized spacial score (nSPS) is 12.9. The number of halogens is 4. The lowest BCUT2D eigenvalue weighted by Crippen LogP contribution is -2.34. The minimum atomic E-state index is -4.77. The summed E-state index contributed by atoms with van der Waals surface area (Å²) in [6.45, 7) is 0.486. The van der Waals surface area contributed by atoms with E-state index in [1.165, 1.54) is 6.92 Å². The molecule has 0 radical (unpaired) electrons. The van der Waals surface area contributed by atoms with Gasteiger partial charge in [0, 0.05) is 13.1 Å². The van der Waals surface area contributed by atoms with Crippen LogP contribution in [0.4, 0.5) is 17.6 Å². The Morgan fingerprint density at radius 2 is 1.90 bits per heavy atom. The Hall–Kier alpha value is -1.19. The van der Waals surface area contributed by atoms with Crippen molar-refractivity contribution < 1.29 is 31.1 Å². The van der Waals surface area contributed by atoms with Crippen molar-refractivity contribution in [2.24, 2.45) is 0 Å². The summed E-state index contributed by atoms with van der Waals surface area (Å²) < 4.78 is 76.0. The fourth-order valence-electron chi connectivity index (χ4n) is 1.58. The second kappa shape index (κ2) is 6.06. The molecule has 0 aliphatic carbocycles. The Bertz CT molecular complexity index is 572. The van der Waals surface area contributed by atoms with Gasteiger partial charge in [-0.2, -0.15) is 17.5 Å². The lowest BCUT2D eigenvalue weighted by atomic mass is 10.2. The second-order valence-electron chi connectivity index (χ2n) is 3.86. The lowest BCUT2D eigenvalue weighted by molar-refractivity contribution is -0.137. The van der Waals surface area contributed by atoms with Gasteiger partial charge in [-0.15, -0.1) is 0 Å². The zero-order chi connectivity index (χ0) is 15.6. The Morgan fingerprint density at radius 3 is 2.35 bits per heavy atom. The summed E-state index contributed by atoms with van der Waals surface area (Å²) in [7, 11) is -4.43. The van der Waals surface area contributed by atoms with Gasteiger partial charge < -0.3 is 5.11 Å². The molecular formula is C11H13F4NO3S. The summed E-state index contributed by atoms with van der Waals surface area (Å²) in [5.41, 5.74) is -1.25. The van der Waals surface area contributed by atoms with Gasteiger partial charge in [-0.05, 0) is 18.2 Å². The Morgan fingerprint density at radius 1 is 1.30 bits per heavy atom. The molecule has 0 saturated carbocycles. The third-order valence-electron chi connectivity index (χ3n) is 2.58. The van der Waals surface area contributed by atoms with Crippen LogP contribution in [0.3, 0.4) is 0 Å². The first-order valence-electron chi connectivity index (χ1n) is 5.62. The number of rotatable bonds is 5. The van der Waals surface area contributed by atoms with Crippen LogP contribution < -0.4 is 0 Å². The highest BCUT2D eigenvalue weighted by Gasteiger charge is 2.34. The quantitative estimate of drug-likeness (QED) is 0.844. The summed E-state index contributed by atoms with van der Waals surface area (Å²) in [6, 6.07) is 1.18. The van der Waals surface area contributed by atoms with Gasteiger partial charge in [-0.25, -0.2) is 12.8 Å². The highest BCUT2D eigenvalue weighted by Crippen LogP contribution is 2.32. The highest BCUT2D eigenvalue weighted by atomic mass is 32.2. The maximum atomic E-state index is 13.6. The molecule has 1 rings (SSSR count). The molecule has 1 aromatic rings. The van der Waals surface area contributed by atoms with Crippen molar-refractivity contribution in [3.05, 3.63) is 29.6 Å². The number of alkyl halides is 3. The topological polar surface area (TPSA) is 57.6 Å². The minimum Gasteiger partial charge on any atom is -0.395 e. The fourth-order valence-corrected chi connectivity index (χ4v) is 3.11. The maximum absolute atomic E-state index is 13.6. The predicted octanol–water partition coefficient (Wildman–Crippen LogP) is 1.85. The van der Waals surface area contributed by atoms with Crippen LogP contribution in [0.1, 0.15) is 12.5 Å². The maximum Gasteiger partial charge on any atom is 0.416 e. The van der Waals surface area contributed by atoms with E-state index < -0.39 is 39.1 Å². The van der Waals surface area contributed by atoms with Crippen molar-refractivity contribution in [3.8, 4) is 0 Å². The van der Waals surface area contributed by atoms with Gasteiger partial charge in [-0.1, -0.05) is 6.92 Å². The van der Waals surface area contributed by atoms with E-state index in [-0.39, 0.29) is 19.2 Å². The van der Waals surface area contributed by atoms with Crippen LogP contribution >= 0.6 is 0 Å². The molecule has 0 aliphatic rings. The van der Waals surface area contributed by atoms with E-state index in [9.17, 15) is 26.0 Å².